The number of nitrogens with one attached hydrogen (secondary N) is 1. The average Bonchev–Trinajstić information content (AvgIpc) is 2.63. The predicted molar refractivity (Wildman–Crippen MR) is 111 cm³/mol. The predicted octanol–water partition coefficient (Wildman–Crippen LogP) is 2.98. The highest BCUT2D eigenvalue weighted by Crippen LogP contribution is 2.17. The second-order valence-electron chi connectivity index (χ2n) is 7.56. The van der Waals surface area contributed by atoms with Crippen molar-refractivity contribution in [3.05, 3.63) is 29.3 Å². The Morgan fingerprint density at radius 2 is 1.76 bits per heavy atom. The summed E-state index contributed by atoms with van der Waals surface area (Å²) in [5.74, 6) is -1.39. The van der Waals surface area contributed by atoms with Crippen LogP contribution in [0.15, 0.2) is 29.2 Å². The summed E-state index contributed by atoms with van der Waals surface area (Å²) in [5.41, 5.74) is 0. The number of hydrogen-bond donors (Lipinski definition) is 1. The zero-order valence-corrected chi connectivity index (χ0v) is 18.5. The molecule has 1 amide bonds. The Labute approximate surface area is 177 Å². The van der Waals surface area contributed by atoms with Crippen LogP contribution in [-0.2, 0) is 24.3 Å². The standard InChI is InChI=1S/C20H29ClN2O5S/c1-15(2)19(22-29(26,27)17-10-8-9-16(21)13-17)20(25)28-14-18(24)23-11-6-4-3-5-7-12-23/h8-10,13,15,19,22H,3-7,11-12,14H2,1-2H3/t19-/m0/s1. The average molecular weight is 445 g/mol. The first-order valence-corrected chi connectivity index (χ1v) is 11.8. The fourth-order valence-electron chi connectivity index (χ4n) is 3.14. The smallest absolute Gasteiger partial charge is 0.324 e. The molecule has 1 fully saturated rings. The lowest BCUT2D eigenvalue weighted by Crippen LogP contribution is -2.46. The zero-order chi connectivity index (χ0) is 21.4. The topological polar surface area (TPSA) is 92.8 Å². The summed E-state index contributed by atoms with van der Waals surface area (Å²) in [6, 6.07) is 4.66. The van der Waals surface area contributed by atoms with Crippen LogP contribution >= 0.6 is 11.6 Å². The van der Waals surface area contributed by atoms with Gasteiger partial charge in [0.05, 0.1) is 4.90 Å². The number of likely N-dealkylation sites (tertiary alicyclic amines) is 1. The van der Waals surface area contributed by atoms with Crippen molar-refractivity contribution in [1.29, 1.82) is 0 Å². The van der Waals surface area contributed by atoms with Gasteiger partial charge in [0.15, 0.2) is 6.61 Å². The molecule has 0 spiro atoms. The first-order chi connectivity index (χ1) is 13.7. The molecule has 1 aliphatic heterocycles. The minimum atomic E-state index is -3.97. The molecule has 1 aromatic rings. The Morgan fingerprint density at radius 1 is 1.14 bits per heavy atom. The number of carbonyl (C=O) groups is 2. The van der Waals surface area contributed by atoms with Gasteiger partial charge in [-0.2, -0.15) is 4.72 Å². The van der Waals surface area contributed by atoms with Crippen LogP contribution in [0.5, 0.6) is 0 Å². The Balaban J connectivity index is 1.99. The lowest BCUT2D eigenvalue weighted by Gasteiger charge is -2.25. The minimum absolute atomic E-state index is 0.0415. The van der Waals surface area contributed by atoms with E-state index in [0.717, 1.165) is 25.7 Å². The molecule has 1 aliphatic rings. The van der Waals surface area contributed by atoms with Crippen molar-refractivity contribution in [3.8, 4) is 0 Å². The van der Waals surface area contributed by atoms with Crippen LogP contribution in [0.25, 0.3) is 0 Å². The summed E-state index contributed by atoms with van der Waals surface area (Å²) in [5, 5.41) is 0.274. The van der Waals surface area contributed by atoms with Crippen LogP contribution in [0.3, 0.4) is 0 Å². The SMILES string of the molecule is CC(C)[C@H](NS(=O)(=O)c1cccc(Cl)c1)C(=O)OCC(=O)N1CCCCCCC1. The van der Waals surface area contributed by atoms with E-state index in [1.54, 1.807) is 24.8 Å². The second-order valence-corrected chi connectivity index (χ2v) is 9.71. The summed E-state index contributed by atoms with van der Waals surface area (Å²) >= 11 is 5.87. The quantitative estimate of drug-likeness (QED) is 0.652. The van der Waals surface area contributed by atoms with Crippen molar-refractivity contribution in [1.82, 2.24) is 9.62 Å². The molecule has 9 heteroatoms. The lowest BCUT2D eigenvalue weighted by molar-refractivity contribution is -0.154. The minimum Gasteiger partial charge on any atom is -0.454 e. The number of nitrogens with zero attached hydrogens (tertiary/aromatic N) is 1. The number of halogens is 1. The van der Waals surface area contributed by atoms with Gasteiger partial charge in [0.25, 0.3) is 5.91 Å². The maximum atomic E-state index is 12.6. The summed E-state index contributed by atoms with van der Waals surface area (Å²) < 4.78 is 32.8. The molecule has 1 atom stereocenters. The van der Waals surface area contributed by atoms with Crippen molar-refractivity contribution in [2.45, 2.75) is 56.9 Å². The largest absolute Gasteiger partial charge is 0.454 e. The summed E-state index contributed by atoms with van der Waals surface area (Å²) in [7, 11) is -3.97. The Bertz CT molecular complexity index is 805. The van der Waals surface area contributed by atoms with Gasteiger partial charge in [-0.3, -0.25) is 9.59 Å². The normalized spacial score (nSPS) is 16.8. The summed E-state index contributed by atoms with van der Waals surface area (Å²) in [6.45, 7) is 4.33. The van der Waals surface area contributed by atoms with Crippen LogP contribution in [-0.4, -0.2) is 50.9 Å². The van der Waals surface area contributed by atoms with Crippen molar-refractivity contribution < 1.29 is 22.7 Å². The molecule has 0 aliphatic carbocycles. The monoisotopic (exact) mass is 444 g/mol. The fourth-order valence-corrected chi connectivity index (χ4v) is 4.77. The number of esters is 1. The number of rotatable bonds is 7. The van der Waals surface area contributed by atoms with Gasteiger partial charge in [-0.25, -0.2) is 8.42 Å². The molecule has 1 aromatic carbocycles. The number of amides is 1. The van der Waals surface area contributed by atoms with Crippen molar-refractivity contribution >= 4 is 33.5 Å². The van der Waals surface area contributed by atoms with Crippen LogP contribution in [0.4, 0.5) is 0 Å². The van der Waals surface area contributed by atoms with E-state index in [4.69, 9.17) is 16.3 Å². The molecule has 2 rings (SSSR count). The van der Waals surface area contributed by atoms with E-state index in [0.29, 0.717) is 13.1 Å². The van der Waals surface area contributed by atoms with Gasteiger partial charge in [-0.05, 0) is 37.0 Å². The van der Waals surface area contributed by atoms with Crippen molar-refractivity contribution in [2.75, 3.05) is 19.7 Å². The molecule has 1 heterocycles. The molecule has 0 unspecified atom stereocenters. The molecule has 0 aromatic heterocycles. The van der Waals surface area contributed by atoms with E-state index >= 15 is 0 Å². The molecule has 29 heavy (non-hydrogen) atoms. The number of carbonyl (C=O) groups excluding carboxylic acids is 2. The van der Waals surface area contributed by atoms with E-state index < -0.39 is 22.0 Å². The maximum Gasteiger partial charge on any atom is 0.324 e. The third-order valence-corrected chi connectivity index (χ3v) is 6.53. The molecule has 0 bridgehead atoms. The molecular weight excluding hydrogens is 416 g/mol. The van der Waals surface area contributed by atoms with Gasteiger partial charge in [0.1, 0.15) is 6.04 Å². The molecule has 0 saturated carbocycles. The van der Waals surface area contributed by atoms with Gasteiger partial charge < -0.3 is 9.64 Å². The van der Waals surface area contributed by atoms with E-state index in [9.17, 15) is 18.0 Å². The van der Waals surface area contributed by atoms with Gasteiger partial charge in [-0.15, -0.1) is 0 Å². The van der Waals surface area contributed by atoms with Crippen LogP contribution < -0.4 is 4.72 Å². The van der Waals surface area contributed by atoms with Crippen LogP contribution in [0.1, 0.15) is 46.0 Å². The van der Waals surface area contributed by atoms with E-state index in [1.165, 1.54) is 24.6 Å². The maximum absolute atomic E-state index is 12.6. The number of sulfonamides is 1. The lowest BCUT2D eigenvalue weighted by atomic mass is 10.1. The fraction of sp³-hybridized carbons (Fsp3) is 0.600. The van der Waals surface area contributed by atoms with Gasteiger partial charge in [0, 0.05) is 18.1 Å². The zero-order valence-electron chi connectivity index (χ0n) is 16.9. The third kappa shape index (κ3) is 7.28. The van der Waals surface area contributed by atoms with E-state index in [1.807, 2.05) is 0 Å². The molecule has 162 valence electrons. The van der Waals surface area contributed by atoms with Gasteiger partial charge >= 0.3 is 5.97 Å². The highest BCUT2D eigenvalue weighted by molar-refractivity contribution is 7.89. The second kappa shape index (κ2) is 10.9. The third-order valence-electron chi connectivity index (χ3n) is 4.86. The highest BCUT2D eigenvalue weighted by atomic mass is 35.5. The Kier molecular flexibility index (Phi) is 8.92. The summed E-state index contributed by atoms with van der Waals surface area (Å²) in [4.78, 5) is 26.6. The molecule has 0 radical (unpaired) electrons. The number of ether oxygens (including phenoxy) is 1. The van der Waals surface area contributed by atoms with E-state index in [-0.39, 0.29) is 28.4 Å². The first kappa shape index (κ1) is 23.6. The van der Waals surface area contributed by atoms with Crippen molar-refractivity contribution in [3.63, 3.8) is 0 Å². The van der Waals surface area contributed by atoms with Crippen LogP contribution in [0, 0.1) is 5.92 Å². The molecule has 1 N–H and O–H groups in total. The van der Waals surface area contributed by atoms with Gasteiger partial charge in [-0.1, -0.05) is 50.8 Å². The van der Waals surface area contributed by atoms with Crippen LogP contribution in [0.2, 0.25) is 5.02 Å². The van der Waals surface area contributed by atoms with E-state index in [2.05, 4.69) is 4.72 Å². The molecular formula is C20H29ClN2O5S. The van der Waals surface area contributed by atoms with Gasteiger partial charge in [0.2, 0.25) is 10.0 Å². The molecule has 7 nitrogen and oxygen atoms in total. The number of hydrogen-bond acceptors (Lipinski definition) is 5. The highest BCUT2D eigenvalue weighted by Gasteiger charge is 2.30. The Hall–Kier alpha value is -1.64. The first-order valence-electron chi connectivity index (χ1n) is 9.93. The van der Waals surface area contributed by atoms with Crippen molar-refractivity contribution in [2.24, 2.45) is 5.92 Å². The molecule has 1 saturated heterocycles. The number of benzene rings is 1. The Morgan fingerprint density at radius 3 is 2.34 bits per heavy atom. The summed E-state index contributed by atoms with van der Waals surface area (Å²) in [6.07, 6.45) is 5.23.